The van der Waals surface area contributed by atoms with E-state index >= 15 is 0 Å². The van der Waals surface area contributed by atoms with Gasteiger partial charge in [0.05, 0.1) is 0 Å². The number of rotatable bonds is 5. The van der Waals surface area contributed by atoms with E-state index in [0.29, 0.717) is 0 Å². The second-order valence-electron chi connectivity index (χ2n) is 6.82. The Balaban J connectivity index is 1.53. The van der Waals surface area contributed by atoms with Crippen molar-refractivity contribution in [1.29, 1.82) is 0 Å². The van der Waals surface area contributed by atoms with Crippen LogP contribution in [0.1, 0.15) is 54.9 Å². The largest absolute Gasteiger partial charge is 0.299 e. The summed E-state index contributed by atoms with van der Waals surface area (Å²) in [5.74, 6) is 0.750. The molecule has 3 rings (SSSR count). The average molecular weight is 307 g/mol. The van der Waals surface area contributed by atoms with Gasteiger partial charge in [-0.2, -0.15) is 0 Å². The molecule has 0 aliphatic carbocycles. The van der Waals surface area contributed by atoms with Crippen molar-refractivity contribution in [1.82, 2.24) is 4.90 Å². The fourth-order valence-electron chi connectivity index (χ4n) is 3.59. The molecule has 1 fully saturated rings. The monoisotopic (exact) mass is 307 g/mol. The number of nitrogens with zero attached hydrogens (tertiary/aromatic N) is 1. The van der Waals surface area contributed by atoms with Crippen molar-refractivity contribution < 1.29 is 0 Å². The Morgan fingerprint density at radius 2 is 1.22 bits per heavy atom. The van der Waals surface area contributed by atoms with Crippen molar-refractivity contribution in [2.45, 2.75) is 52.0 Å². The SMILES string of the molecule is CCc1ccc(CN2CCC(c3ccc(CC)cc3)CC2)cc1. The van der Waals surface area contributed by atoms with E-state index in [1.54, 1.807) is 0 Å². The van der Waals surface area contributed by atoms with Gasteiger partial charge in [0, 0.05) is 6.54 Å². The standard InChI is InChI=1S/C22H29N/c1-3-18-5-7-20(8-6-18)17-23-15-13-22(14-16-23)21-11-9-19(4-2)10-12-21/h5-12,22H,3-4,13-17H2,1-2H3. The van der Waals surface area contributed by atoms with Gasteiger partial charge in [-0.1, -0.05) is 62.4 Å². The number of hydrogen-bond donors (Lipinski definition) is 0. The fourth-order valence-corrected chi connectivity index (χ4v) is 3.59. The van der Waals surface area contributed by atoms with Gasteiger partial charge < -0.3 is 0 Å². The van der Waals surface area contributed by atoms with Crippen LogP contribution >= 0.6 is 0 Å². The van der Waals surface area contributed by atoms with Gasteiger partial charge in [0.2, 0.25) is 0 Å². The highest BCUT2D eigenvalue weighted by molar-refractivity contribution is 5.26. The van der Waals surface area contributed by atoms with Crippen LogP contribution in [-0.4, -0.2) is 18.0 Å². The maximum absolute atomic E-state index is 2.61. The molecule has 2 aromatic carbocycles. The molecule has 122 valence electrons. The van der Waals surface area contributed by atoms with E-state index in [1.165, 1.54) is 48.2 Å². The molecule has 0 bridgehead atoms. The van der Waals surface area contributed by atoms with Gasteiger partial charge in [0.25, 0.3) is 0 Å². The third-order valence-corrected chi connectivity index (χ3v) is 5.28. The molecule has 0 aromatic heterocycles. The lowest BCUT2D eigenvalue weighted by atomic mass is 9.88. The summed E-state index contributed by atoms with van der Waals surface area (Å²) in [5.41, 5.74) is 5.87. The lowest BCUT2D eigenvalue weighted by Gasteiger charge is -2.32. The summed E-state index contributed by atoms with van der Waals surface area (Å²) < 4.78 is 0. The lowest BCUT2D eigenvalue weighted by Crippen LogP contribution is -2.32. The Kier molecular flexibility index (Phi) is 5.51. The van der Waals surface area contributed by atoms with E-state index in [0.717, 1.165) is 25.3 Å². The van der Waals surface area contributed by atoms with Crippen LogP contribution in [0.15, 0.2) is 48.5 Å². The van der Waals surface area contributed by atoms with Crippen molar-refractivity contribution in [3.05, 3.63) is 70.8 Å². The summed E-state index contributed by atoms with van der Waals surface area (Å²) in [7, 11) is 0. The van der Waals surface area contributed by atoms with Crippen molar-refractivity contribution in [2.75, 3.05) is 13.1 Å². The molecular formula is C22H29N. The zero-order chi connectivity index (χ0) is 16.1. The van der Waals surface area contributed by atoms with E-state index in [1.807, 2.05) is 0 Å². The van der Waals surface area contributed by atoms with Gasteiger partial charge in [-0.3, -0.25) is 4.90 Å². The minimum atomic E-state index is 0.750. The molecule has 1 heterocycles. The first-order valence-corrected chi connectivity index (χ1v) is 9.17. The van der Waals surface area contributed by atoms with Gasteiger partial charge >= 0.3 is 0 Å². The second kappa shape index (κ2) is 7.79. The molecular weight excluding hydrogens is 278 g/mol. The Bertz CT molecular complexity index is 589. The Hall–Kier alpha value is -1.60. The van der Waals surface area contributed by atoms with Crippen LogP contribution in [0.5, 0.6) is 0 Å². The summed E-state index contributed by atoms with van der Waals surface area (Å²) in [6, 6.07) is 18.5. The first-order valence-electron chi connectivity index (χ1n) is 9.17. The van der Waals surface area contributed by atoms with Gasteiger partial charge in [-0.25, -0.2) is 0 Å². The molecule has 0 spiro atoms. The second-order valence-corrected chi connectivity index (χ2v) is 6.82. The highest BCUT2D eigenvalue weighted by Crippen LogP contribution is 2.29. The molecule has 0 radical (unpaired) electrons. The van der Waals surface area contributed by atoms with E-state index in [9.17, 15) is 0 Å². The minimum absolute atomic E-state index is 0.750. The van der Waals surface area contributed by atoms with Crippen LogP contribution in [0.2, 0.25) is 0 Å². The Morgan fingerprint density at radius 3 is 1.74 bits per heavy atom. The van der Waals surface area contributed by atoms with Crippen molar-refractivity contribution in [3.8, 4) is 0 Å². The molecule has 1 nitrogen and oxygen atoms in total. The number of benzene rings is 2. The van der Waals surface area contributed by atoms with Gasteiger partial charge in [-0.15, -0.1) is 0 Å². The molecule has 1 aliphatic heterocycles. The van der Waals surface area contributed by atoms with Crippen LogP contribution in [0, 0.1) is 0 Å². The first kappa shape index (κ1) is 16.3. The zero-order valence-corrected chi connectivity index (χ0v) is 14.6. The maximum Gasteiger partial charge on any atom is 0.0233 e. The van der Waals surface area contributed by atoms with Crippen LogP contribution < -0.4 is 0 Å². The molecule has 0 amide bonds. The predicted molar refractivity (Wildman–Crippen MR) is 98.9 cm³/mol. The topological polar surface area (TPSA) is 3.24 Å². The number of likely N-dealkylation sites (tertiary alicyclic amines) is 1. The quantitative estimate of drug-likeness (QED) is 0.734. The Labute approximate surface area is 141 Å². The van der Waals surface area contributed by atoms with Crippen molar-refractivity contribution in [2.24, 2.45) is 0 Å². The molecule has 0 N–H and O–H groups in total. The number of aryl methyl sites for hydroxylation is 2. The normalized spacial score (nSPS) is 16.6. The Morgan fingerprint density at radius 1 is 0.739 bits per heavy atom. The van der Waals surface area contributed by atoms with Gasteiger partial charge in [-0.05, 0) is 66.9 Å². The van der Waals surface area contributed by atoms with Crippen LogP contribution in [0.25, 0.3) is 0 Å². The minimum Gasteiger partial charge on any atom is -0.299 e. The van der Waals surface area contributed by atoms with E-state index < -0.39 is 0 Å². The highest BCUT2D eigenvalue weighted by Gasteiger charge is 2.20. The summed E-state index contributed by atoms with van der Waals surface area (Å²) >= 11 is 0. The number of hydrogen-bond acceptors (Lipinski definition) is 1. The lowest BCUT2D eigenvalue weighted by molar-refractivity contribution is 0.204. The third kappa shape index (κ3) is 4.23. The number of piperidine rings is 1. The third-order valence-electron chi connectivity index (χ3n) is 5.28. The fraction of sp³-hybridized carbons (Fsp3) is 0.455. The smallest absolute Gasteiger partial charge is 0.0233 e. The maximum atomic E-state index is 2.61. The van der Waals surface area contributed by atoms with Gasteiger partial charge in [0.15, 0.2) is 0 Å². The van der Waals surface area contributed by atoms with E-state index in [-0.39, 0.29) is 0 Å². The van der Waals surface area contributed by atoms with Crippen molar-refractivity contribution in [3.63, 3.8) is 0 Å². The average Bonchev–Trinajstić information content (AvgIpc) is 2.63. The molecule has 2 aromatic rings. The molecule has 1 aliphatic rings. The molecule has 1 saturated heterocycles. The van der Waals surface area contributed by atoms with Crippen molar-refractivity contribution >= 4 is 0 Å². The molecule has 0 atom stereocenters. The van der Waals surface area contributed by atoms with Crippen LogP contribution in [0.3, 0.4) is 0 Å². The van der Waals surface area contributed by atoms with Crippen LogP contribution in [0.4, 0.5) is 0 Å². The van der Waals surface area contributed by atoms with E-state index in [2.05, 4.69) is 67.3 Å². The summed E-state index contributed by atoms with van der Waals surface area (Å²) in [6.45, 7) is 7.98. The van der Waals surface area contributed by atoms with Crippen LogP contribution in [-0.2, 0) is 19.4 Å². The predicted octanol–water partition coefficient (Wildman–Crippen LogP) is 5.19. The summed E-state index contributed by atoms with van der Waals surface area (Å²) in [6.07, 6.45) is 4.84. The zero-order valence-electron chi connectivity index (χ0n) is 14.6. The highest BCUT2D eigenvalue weighted by atomic mass is 15.1. The summed E-state index contributed by atoms with van der Waals surface area (Å²) in [5, 5.41) is 0. The molecule has 0 saturated carbocycles. The molecule has 0 unspecified atom stereocenters. The van der Waals surface area contributed by atoms with E-state index in [4.69, 9.17) is 0 Å². The molecule has 1 heteroatoms. The van der Waals surface area contributed by atoms with Gasteiger partial charge in [0.1, 0.15) is 0 Å². The summed E-state index contributed by atoms with van der Waals surface area (Å²) in [4.78, 5) is 2.61. The first-order chi connectivity index (χ1) is 11.3. The molecule has 23 heavy (non-hydrogen) atoms.